The van der Waals surface area contributed by atoms with Crippen molar-refractivity contribution in [3.05, 3.63) is 47.1 Å². The molecule has 5 nitrogen and oxygen atoms in total. The van der Waals surface area contributed by atoms with Gasteiger partial charge < -0.3 is 14.6 Å². The maximum atomic E-state index is 13.0. The fourth-order valence-corrected chi connectivity index (χ4v) is 3.91. The molecule has 2 atom stereocenters. The lowest BCUT2D eigenvalue weighted by Crippen LogP contribution is -2.21. The Balaban J connectivity index is 1.88. The number of benzene rings is 1. The number of Topliss-reactive ketones (excluding diaryl/α,β-unsaturated/α-hetero) is 1. The topological polar surface area (TPSA) is 72.8 Å². The third-order valence-corrected chi connectivity index (χ3v) is 4.94. The van der Waals surface area contributed by atoms with Gasteiger partial charge in [-0.15, -0.1) is 0 Å². The Morgan fingerprint density at radius 2 is 1.75 bits per heavy atom. The maximum absolute atomic E-state index is 13.0. The Kier molecular flexibility index (Phi) is 3.13. The van der Waals surface area contributed by atoms with Crippen LogP contribution in [0.3, 0.4) is 0 Å². The Hall–Kier alpha value is -2.82. The first-order valence-electron chi connectivity index (χ1n) is 7.74. The summed E-state index contributed by atoms with van der Waals surface area (Å²) in [6.07, 6.45) is 6.08. The third-order valence-electron chi connectivity index (χ3n) is 4.94. The van der Waals surface area contributed by atoms with Gasteiger partial charge in [-0.05, 0) is 24.6 Å². The molecule has 0 radical (unpaired) electrons. The molecule has 3 aliphatic carbocycles. The first-order valence-corrected chi connectivity index (χ1v) is 7.74. The molecule has 0 saturated carbocycles. The van der Waals surface area contributed by atoms with Crippen LogP contribution in [0.1, 0.15) is 12.0 Å². The number of carbonyl (C=O) groups is 2. The Labute approximate surface area is 138 Å². The second-order valence-electron chi connectivity index (χ2n) is 6.11. The van der Waals surface area contributed by atoms with Gasteiger partial charge in [0.15, 0.2) is 23.1 Å². The maximum Gasteiger partial charge on any atom is 0.191 e. The van der Waals surface area contributed by atoms with E-state index in [2.05, 4.69) is 0 Å². The fourth-order valence-electron chi connectivity index (χ4n) is 3.91. The van der Waals surface area contributed by atoms with E-state index in [4.69, 9.17) is 9.47 Å². The lowest BCUT2D eigenvalue weighted by molar-refractivity contribution is -0.114. The lowest BCUT2D eigenvalue weighted by atomic mass is 9.81. The lowest BCUT2D eigenvalue weighted by Gasteiger charge is -2.22. The van der Waals surface area contributed by atoms with Crippen molar-refractivity contribution in [1.29, 1.82) is 0 Å². The molecule has 5 heteroatoms. The number of allylic oxidation sites excluding steroid dienone is 6. The molecule has 4 rings (SSSR count). The van der Waals surface area contributed by atoms with Crippen LogP contribution in [0.15, 0.2) is 41.5 Å². The predicted molar refractivity (Wildman–Crippen MR) is 87.0 cm³/mol. The molecule has 0 spiro atoms. The average molecular weight is 324 g/mol. The number of hydrogen-bond acceptors (Lipinski definition) is 5. The Morgan fingerprint density at radius 3 is 2.42 bits per heavy atom. The number of hydrogen-bond donors (Lipinski definition) is 1. The monoisotopic (exact) mass is 324 g/mol. The van der Waals surface area contributed by atoms with Crippen molar-refractivity contribution >= 4 is 17.1 Å². The summed E-state index contributed by atoms with van der Waals surface area (Å²) in [5.74, 6) is 0.155. The van der Waals surface area contributed by atoms with Crippen LogP contribution in [0, 0.1) is 11.8 Å². The number of carbonyl (C=O) groups excluding carboxylic acids is 2. The van der Waals surface area contributed by atoms with E-state index in [0.29, 0.717) is 16.9 Å². The summed E-state index contributed by atoms with van der Waals surface area (Å²) in [4.78, 5) is 25.6. The van der Waals surface area contributed by atoms with Gasteiger partial charge in [0.1, 0.15) is 5.75 Å². The van der Waals surface area contributed by atoms with Crippen molar-refractivity contribution in [3.63, 3.8) is 0 Å². The second kappa shape index (κ2) is 5.09. The van der Waals surface area contributed by atoms with E-state index in [1.54, 1.807) is 6.07 Å². The molecule has 0 heterocycles. The van der Waals surface area contributed by atoms with Crippen LogP contribution in [0.5, 0.6) is 17.2 Å². The van der Waals surface area contributed by atoms with E-state index in [0.717, 1.165) is 6.42 Å². The van der Waals surface area contributed by atoms with Crippen molar-refractivity contribution < 1.29 is 24.2 Å². The normalized spacial score (nSPS) is 24.3. The highest BCUT2D eigenvalue weighted by Crippen LogP contribution is 2.50. The summed E-state index contributed by atoms with van der Waals surface area (Å²) < 4.78 is 10.6. The van der Waals surface area contributed by atoms with Crippen molar-refractivity contribution in [1.82, 2.24) is 0 Å². The number of rotatable bonds is 3. The zero-order chi connectivity index (χ0) is 17.0. The Bertz CT molecular complexity index is 872. The number of phenolic OH excluding ortho intramolecular Hbond substituents is 1. The van der Waals surface area contributed by atoms with Crippen LogP contribution in [-0.2, 0) is 9.59 Å². The third kappa shape index (κ3) is 1.81. The van der Waals surface area contributed by atoms with Crippen molar-refractivity contribution in [2.75, 3.05) is 14.2 Å². The van der Waals surface area contributed by atoms with E-state index in [9.17, 15) is 14.7 Å². The first kappa shape index (κ1) is 14.8. The van der Waals surface area contributed by atoms with Crippen molar-refractivity contribution in [3.8, 4) is 17.2 Å². The van der Waals surface area contributed by atoms with E-state index in [1.807, 2.05) is 12.2 Å². The van der Waals surface area contributed by atoms with Gasteiger partial charge in [-0.1, -0.05) is 12.2 Å². The smallest absolute Gasteiger partial charge is 0.191 e. The van der Waals surface area contributed by atoms with Gasteiger partial charge in [0.05, 0.1) is 19.8 Å². The van der Waals surface area contributed by atoms with Gasteiger partial charge in [-0.2, -0.15) is 0 Å². The van der Waals surface area contributed by atoms with Crippen molar-refractivity contribution in [2.45, 2.75) is 6.42 Å². The fraction of sp³-hybridized carbons (Fsp3) is 0.263. The van der Waals surface area contributed by atoms with Crippen LogP contribution in [-0.4, -0.2) is 30.9 Å². The number of aromatic hydroxyl groups is 1. The van der Waals surface area contributed by atoms with Crippen LogP contribution < -0.4 is 9.47 Å². The highest BCUT2D eigenvalue weighted by atomic mass is 16.5. The molecule has 0 aromatic heterocycles. The number of ketones is 2. The molecule has 2 bridgehead atoms. The van der Waals surface area contributed by atoms with Gasteiger partial charge in [0, 0.05) is 28.6 Å². The molecule has 122 valence electrons. The summed E-state index contributed by atoms with van der Waals surface area (Å²) in [5, 5.41) is 10.3. The number of fused-ring (bicyclic) bond motifs is 4. The summed E-state index contributed by atoms with van der Waals surface area (Å²) in [6, 6.07) is 2.98. The molecule has 0 fully saturated rings. The molecule has 0 unspecified atom stereocenters. The van der Waals surface area contributed by atoms with E-state index >= 15 is 0 Å². The second-order valence-corrected chi connectivity index (χ2v) is 6.11. The molecule has 0 amide bonds. The van der Waals surface area contributed by atoms with Crippen LogP contribution in [0.4, 0.5) is 0 Å². The zero-order valence-electron chi connectivity index (χ0n) is 13.3. The van der Waals surface area contributed by atoms with Crippen LogP contribution in [0.25, 0.3) is 5.57 Å². The van der Waals surface area contributed by atoms with Gasteiger partial charge in [-0.25, -0.2) is 0 Å². The molecule has 0 aliphatic heterocycles. The quantitative estimate of drug-likeness (QED) is 0.683. The minimum Gasteiger partial charge on any atom is -0.507 e. The molecular formula is C19H16O5. The van der Waals surface area contributed by atoms with E-state index < -0.39 is 0 Å². The van der Waals surface area contributed by atoms with Crippen LogP contribution >= 0.6 is 0 Å². The van der Waals surface area contributed by atoms with Gasteiger partial charge >= 0.3 is 0 Å². The molecule has 0 saturated heterocycles. The molecule has 24 heavy (non-hydrogen) atoms. The summed E-state index contributed by atoms with van der Waals surface area (Å²) in [7, 11) is 2.91. The number of methoxy groups -OCH3 is 2. The SMILES string of the molecule is COc1ccc(O)c(C2=CC(=O)C3=C(C2=O)[C@@H]2C=C[C@H]3C2)c1OC. The molecule has 1 aromatic rings. The standard InChI is InChI=1S/C19H16O5/c1-23-14-6-5-12(20)17(19(14)24-2)11-8-13(21)15-9-3-4-10(7-9)16(15)18(11)22/h3-6,8-10,20H,7H2,1-2H3/t9-,10+/m0/s1. The van der Waals surface area contributed by atoms with E-state index in [-0.39, 0.29) is 46.0 Å². The molecular weight excluding hydrogens is 308 g/mol. The minimum atomic E-state index is -0.219. The van der Waals surface area contributed by atoms with Crippen molar-refractivity contribution in [2.24, 2.45) is 11.8 Å². The highest BCUT2D eigenvalue weighted by Gasteiger charge is 2.45. The molecule has 1 N–H and O–H groups in total. The zero-order valence-corrected chi connectivity index (χ0v) is 13.3. The minimum absolute atomic E-state index is 0.0103. The van der Waals surface area contributed by atoms with Gasteiger partial charge in [0.25, 0.3) is 0 Å². The summed E-state index contributed by atoms with van der Waals surface area (Å²) in [6.45, 7) is 0. The molecule has 1 aromatic carbocycles. The average Bonchev–Trinajstić information content (AvgIpc) is 3.19. The van der Waals surface area contributed by atoms with Gasteiger partial charge in [0.2, 0.25) is 0 Å². The molecule has 3 aliphatic rings. The number of ether oxygens (including phenoxy) is 2. The predicted octanol–water partition coefficient (Wildman–Crippen LogP) is 2.45. The number of phenols is 1. The van der Waals surface area contributed by atoms with Crippen LogP contribution in [0.2, 0.25) is 0 Å². The largest absolute Gasteiger partial charge is 0.507 e. The van der Waals surface area contributed by atoms with E-state index in [1.165, 1.54) is 26.4 Å². The first-order chi connectivity index (χ1) is 11.6. The summed E-state index contributed by atoms with van der Waals surface area (Å²) in [5.41, 5.74) is 1.54. The summed E-state index contributed by atoms with van der Waals surface area (Å²) >= 11 is 0. The van der Waals surface area contributed by atoms with Gasteiger partial charge in [-0.3, -0.25) is 9.59 Å². The highest BCUT2D eigenvalue weighted by molar-refractivity contribution is 6.39. The Morgan fingerprint density at radius 1 is 1.04 bits per heavy atom.